The lowest BCUT2D eigenvalue weighted by Crippen LogP contribution is -2.36. The molecule has 0 bridgehead atoms. The molecule has 0 spiro atoms. The molecule has 1 aromatic rings. The van der Waals surface area contributed by atoms with Crippen LogP contribution >= 0.6 is 11.8 Å². The Morgan fingerprint density at radius 3 is 2.29 bits per heavy atom. The predicted molar refractivity (Wildman–Crippen MR) is 88.1 cm³/mol. The third-order valence-corrected chi connectivity index (χ3v) is 4.64. The fourth-order valence-electron chi connectivity index (χ4n) is 2.17. The van der Waals surface area contributed by atoms with Gasteiger partial charge in [-0.3, -0.25) is 14.5 Å². The van der Waals surface area contributed by atoms with Gasteiger partial charge in [-0.1, -0.05) is 45.0 Å². The van der Waals surface area contributed by atoms with Gasteiger partial charge in [0, 0.05) is 6.04 Å². The van der Waals surface area contributed by atoms with Gasteiger partial charge in [0.2, 0.25) is 0 Å². The highest BCUT2D eigenvalue weighted by Gasteiger charge is 2.37. The van der Waals surface area contributed by atoms with Crippen LogP contribution in [0, 0.1) is 0 Å². The molecular weight excluding hydrogens is 282 g/mol. The highest BCUT2D eigenvalue weighted by Crippen LogP contribution is 2.34. The Balaban J connectivity index is 2.22. The number of hydrogen-bond donors (Lipinski definition) is 0. The molecule has 1 aromatic carbocycles. The molecule has 1 heterocycles. The van der Waals surface area contributed by atoms with Crippen LogP contribution in [0.25, 0.3) is 6.08 Å². The van der Waals surface area contributed by atoms with Crippen LogP contribution in [0.2, 0.25) is 0 Å². The van der Waals surface area contributed by atoms with Crippen LogP contribution in [0.3, 0.4) is 0 Å². The van der Waals surface area contributed by atoms with E-state index in [9.17, 15) is 9.59 Å². The van der Waals surface area contributed by atoms with E-state index in [0.29, 0.717) is 10.8 Å². The van der Waals surface area contributed by atoms with Crippen molar-refractivity contribution in [1.82, 2.24) is 4.90 Å². The average molecular weight is 303 g/mol. The summed E-state index contributed by atoms with van der Waals surface area (Å²) in [5.74, 6) is 0.309. The Hall–Kier alpha value is -1.55. The van der Waals surface area contributed by atoms with Crippen molar-refractivity contribution in [2.24, 2.45) is 0 Å². The fourth-order valence-corrected chi connectivity index (χ4v) is 3.10. The second-order valence-electron chi connectivity index (χ2n) is 5.63. The summed E-state index contributed by atoms with van der Waals surface area (Å²) in [5.41, 5.74) is 2.22. The molecule has 0 saturated carbocycles. The second-order valence-corrected chi connectivity index (χ2v) is 6.62. The normalized spacial score (nSPS) is 18.9. The van der Waals surface area contributed by atoms with Crippen molar-refractivity contribution in [3.8, 4) is 0 Å². The third kappa shape index (κ3) is 3.38. The fraction of sp³-hybridized carbons (Fsp3) is 0.412. The summed E-state index contributed by atoms with van der Waals surface area (Å²) in [6, 6.07) is 8.07. The van der Waals surface area contributed by atoms with Gasteiger partial charge in [-0.25, -0.2) is 0 Å². The molecule has 0 N–H and O–H groups in total. The van der Waals surface area contributed by atoms with E-state index < -0.39 is 0 Å². The van der Waals surface area contributed by atoms with Crippen LogP contribution in [-0.2, 0) is 4.79 Å². The number of amides is 2. The lowest BCUT2D eigenvalue weighted by Gasteiger charge is -2.19. The minimum Gasteiger partial charge on any atom is -0.268 e. The molecule has 0 radical (unpaired) electrons. The van der Waals surface area contributed by atoms with Crippen molar-refractivity contribution in [1.29, 1.82) is 0 Å². The molecule has 21 heavy (non-hydrogen) atoms. The van der Waals surface area contributed by atoms with Crippen LogP contribution in [0.15, 0.2) is 29.2 Å². The first-order valence-corrected chi connectivity index (χ1v) is 8.12. The number of hydrogen-bond acceptors (Lipinski definition) is 3. The molecule has 0 aliphatic carbocycles. The predicted octanol–water partition coefficient (Wildman–Crippen LogP) is 4.64. The molecule has 0 unspecified atom stereocenters. The first kappa shape index (κ1) is 15.8. The SMILES string of the molecule is CC[C@@H](C)N1C(=O)S/C(=C/c2ccc(C(C)C)cc2)C1=O. The summed E-state index contributed by atoms with van der Waals surface area (Å²) >= 11 is 1.03. The molecular formula is C17H21NO2S. The largest absolute Gasteiger partial charge is 0.293 e. The number of benzene rings is 1. The molecule has 1 aliphatic rings. The standard InChI is InChI=1S/C17H21NO2S/c1-5-12(4)18-16(19)15(21-17(18)20)10-13-6-8-14(9-7-13)11(2)3/h6-12H,5H2,1-4H3/b15-10+/t12-/m1/s1. The Kier molecular flexibility index (Phi) is 4.88. The van der Waals surface area contributed by atoms with E-state index in [-0.39, 0.29) is 17.2 Å². The number of thioether (sulfide) groups is 1. The van der Waals surface area contributed by atoms with Gasteiger partial charge >= 0.3 is 0 Å². The number of carbonyl (C=O) groups excluding carboxylic acids is 2. The molecule has 2 amide bonds. The summed E-state index contributed by atoms with van der Waals surface area (Å²) in [7, 11) is 0. The maximum Gasteiger partial charge on any atom is 0.293 e. The van der Waals surface area contributed by atoms with Gasteiger partial charge in [0.05, 0.1) is 4.91 Å². The molecule has 1 aliphatic heterocycles. The molecule has 1 saturated heterocycles. The van der Waals surface area contributed by atoms with E-state index in [1.165, 1.54) is 10.5 Å². The zero-order valence-electron chi connectivity index (χ0n) is 12.9. The summed E-state index contributed by atoms with van der Waals surface area (Å²) < 4.78 is 0. The summed E-state index contributed by atoms with van der Waals surface area (Å²) in [6.07, 6.45) is 2.58. The van der Waals surface area contributed by atoms with E-state index in [1.807, 2.05) is 26.0 Å². The number of carbonyl (C=O) groups is 2. The second kappa shape index (κ2) is 6.48. The highest BCUT2D eigenvalue weighted by atomic mass is 32.2. The molecule has 3 nitrogen and oxygen atoms in total. The van der Waals surface area contributed by atoms with E-state index >= 15 is 0 Å². The maximum absolute atomic E-state index is 12.3. The molecule has 112 valence electrons. The van der Waals surface area contributed by atoms with Crippen LogP contribution < -0.4 is 0 Å². The topological polar surface area (TPSA) is 37.4 Å². The zero-order valence-corrected chi connectivity index (χ0v) is 13.7. The van der Waals surface area contributed by atoms with Gasteiger partial charge in [0.1, 0.15) is 0 Å². The minimum atomic E-state index is -0.174. The molecule has 1 atom stereocenters. The highest BCUT2D eigenvalue weighted by molar-refractivity contribution is 8.18. The minimum absolute atomic E-state index is 0.0493. The zero-order chi connectivity index (χ0) is 15.6. The monoisotopic (exact) mass is 303 g/mol. The van der Waals surface area contributed by atoms with Crippen LogP contribution in [-0.4, -0.2) is 22.1 Å². The quantitative estimate of drug-likeness (QED) is 0.760. The number of imide groups is 1. The molecule has 0 aromatic heterocycles. The summed E-state index contributed by atoms with van der Waals surface area (Å²) in [4.78, 5) is 26.1. The smallest absolute Gasteiger partial charge is 0.268 e. The Labute approximate surface area is 130 Å². The number of rotatable bonds is 4. The first-order valence-electron chi connectivity index (χ1n) is 7.31. The Bertz CT molecular complexity index is 575. The Morgan fingerprint density at radius 1 is 1.14 bits per heavy atom. The van der Waals surface area contributed by atoms with Gasteiger partial charge < -0.3 is 0 Å². The third-order valence-electron chi connectivity index (χ3n) is 3.76. The lowest BCUT2D eigenvalue weighted by atomic mass is 10.0. The molecule has 2 rings (SSSR count). The van der Waals surface area contributed by atoms with Crippen LogP contribution in [0.5, 0.6) is 0 Å². The van der Waals surface area contributed by atoms with E-state index in [0.717, 1.165) is 23.7 Å². The van der Waals surface area contributed by atoms with Crippen molar-refractivity contribution in [3.63, 3.8) is 0 Å². The van der Waals surface area contributed by atoms with Crippen molar-refractivity contribution in [2.75, 3.05) is 0 Å². The van der Waals surface area contributed by atoms with Gasteiger partial charge in [0.15, 0.2) is 0 Å². The summed E-state index contributed by atoms with van der Waals surface area (Å²) in [5, 5.41) is -0.167. The van der Waals surface area contributed by atoms with Crippen LogP contribution in [0.1, 0.15) is 51.2 Å². The van der Waals surface area contributed by atoms with E-state index in [1.54, 1.807) is 6.08 Å². The van der Waals surface area contributed by atoms with Crippen molar-refractivity contribution >= 4 is 29.0 Å². The first-order chi connectivity index (χ1) is 9.93. The van der Waals surface area contributed by atoms with Crippen molar-refractivity contribution < 1.29 is 9.59 Å². The van der Waals surface area contributed by atoms with Gasteiger partial charge in [-0.05, 0) is 48.2 Å². The van der Waals surface area contributed by atoms with Crippen molar-refractivity contribution in [3.05, 3.63) is 40.3 Å². The van der Waals surface area contributed by atoms with E-state index in [2.05, 4.69) is 26.0 Å². The van der Waals surface area contributed by atoms with Gasteiger partial charge in [-0.15, -0.1) is 0 Å². The Morgan fingerprint density at radius 2 is 1.76 bits per heavy atom. The molecule has 1 fully saturated rings. The van der Waals surface area contributed by atoms with E-state index in [4.69, 9.17) is 0 Å². The summed E-state index contributed by atoms with van der Waals surface area (Å²) in [6.45, 7) is 8.16. The average Bonchev–Trinajstić information content (AvgIpc) is 2.73. The van der Waals surface area contributed by atoms with Crippen molar-refractivity contribution in [2.45, 2.75) is 46.1 Å². The lowest BCUT2D eigenvalue weighted by molar-refractivity contribution is -0.124. The molecule has 4 heteroatoms. The maximum atomic E-state index is 12.3. The van der Waals surface area contributed by atoms with Gasteiger partial charge in [0.25, 0.3) is 11.1 Å². The van der Waals surface area contributed by atoms with Crippen LogP contribution in [0.4, 0.5) is 4.79 Å². The number of nitrogens with zero attached hydrogens (tertiary/aromatic N) is 1. The van der Waals surface area contributed by atoms with Gasteiger partial charge in [-0.2, -0.15) is 0 Å².